The summed E-state index contributed by atoms with van der Waals surface area (Å²) in [5, 5.41) is 3.05. The summed E-state index contributed by atoms with van der Waals surface area (Å²) in [5.41, 5.74) is -1.14. The molecular formula is C13H17F3N2O2S. The summed E-state index contributed by atoms with van der Waals surface area (Å²) >= 11 is 0. The van der Waals surface area contributed by atoms with E-state index in [2.05, 4.69) is 10.0 Å². The first kappa shape index (κ1) is 16.3. The van der Waals surface area contributed by atoms with Crippen LogP contribution in [0, 0.1) is 0 Å². The Labute approximate surface area is 121 Å². The van der Waals surface area contributed by atoms with E-state index >= 15 is 0 Å². The highest BCUT2D eigenvalue weighted by Crippen LogP contribution is 2.32. The molecule has 1 aromatic rings. The minimum Gasteiger partial charge on any atom is -0.315 e. The molecule has 0 spiro atoms. The summed E-state index contributed by atoms with van der Waals surface area (Å²) in [6, 6.07) is 4.48. The van der Waals surface area contributed by atoms with Crippen molar-refractivity contribution >= 4 is 10.0 Å². The Morgan fingerprint density at radius 3 is 2.62 bits per heavy atom. The van der Waals surface area contributed by atoms with Gasteiger partial charge in [-0.15, -0.1) is 0 Å². The highest BCUT2D eigenvalue weighted by Gasteiger charge is 2.34. The molecule has 0 aromatic heterocycles. The first-order chi connectivity index (χ1) is 9.78. The Bertz CT molecular complexity index is 581. The summed E-state index contributed by atoms with van der Waals surface area (Å²) in [4.78, 5) is 0. The second kappa shape index (κ2) is 6.33. The third-order valence-electron chi connectivity index (χ3n) is 3.31. The Morgan fingerprint density at radius 2 is 2.00 bits per heavy atom. The Morgan fingerprint density at radius 1 is 1.29 bits per heavy atom. The number of halogens is 3. The molecule has 2 N–H and O–H groups in total. The third-order valence-corrected chi connectivity index (χ3v) is 4.69. The van der Waals surface area contributed by atoms with E-state index in [4.69, 9.17) is 0 Å². The molecule has 1 fully saturated rings. The van der Waals surface area contributed by atoms with Crippen molar-refractivity contribution in [1.82, 2.24) is 10.0 Å². The van der Waals surface area contributed by atoms with Gasteiger partial charge < -0.3 is 5.32 Å². The van der Waals surface area contributed by atoms with Gasteiger partial charge in [-0.05, 0) is 31.0 Å². The highest BCUT2D eigenvalue weighted by molar-refractivity contribution is 7.88. The van der Waals surface area contributed by atoms with Crippen LogP contribution in [0.4, 0.5) is 13.2 Å². The fourth-order valence-electron chi connectivity index (χ4n) is 2.38. The van der Waals surface area contributed by atoms with Gasteiger partial charge in [-0.1, -0.05) is 18.2 Å². The fourth-order valence-corrected chi connectivity index (χ4v) is 3.83. The summed E-state index contributed by atoms with van der Waals surface area (Å²) in [6.07, 6.45) is -3.03. The maximum absolute atomic E-state index is 12.9. The number of piperidine rings is 1. The van der Waals surface area contributed by atoms with Gasteiger partial charge in [0.25, 0.3) is 0 Å². The van der Waals surface area contributed by atoms with Crippen LogP contribution in [0.2, 0.25) is 0 Å². The van der Waals surface area contributed by atoms with Crippen LogP contribution in [0.1, 0.15) is 24.0 Å². The molecule has 4 nitrogen and oxygen atoms in total. The van der Waals surface area contributed by atoms with Gasteiger partial charge in [0.05, 0.1) is 11.3 Å². The number of sulfonamides is 1. The van der Waals surface area contributed by atoms with Crippen molar-refractivity contribution < 1.29 is 21.6 Å². The lowest BCUT2D eigenvalue weighted by molar-refractivity contribution is -0.138. The number of rotatable bonds is 4. The van der Waals surface area contributed by atoms with Crippen LogP contribution in [-0.2, 0) is 22.0 Å². The zero-order valence-corrected chi connectivity index (χ0v) is 12.1. The lowest BCUT2D eigenvalue weighted by atomic mass is 10.1. The average Bonchev–Trinajstić information content (AvgIpc) is 2.38. The molecule has 2 rings (SSSR count). The number of hydrogen-bond donors (Lipinski definition) is 2. The van der Waals surface area contributed by atoms with Gasteiger partial charge in [-0.3, -0.25) is 0 Å². The molecule has 1 heterocycles. The minimum atomic E-state index is -4.56. The topological polar surface area (TPSA) is 58.2 Å². The Balaban J connectivity index is 2.13. The Hall–Kier alpha value is -1.12. The summed E-state index contributed by atoms with van der Waals surface area (Å²) in [5.74, 6) is -0.667. The van der Waals surface area contributed by atoms with E-state index in [9.17, 15) is 21.6 Å². The van der Waals surface area contributed by atoms with Crippen LogP contribution in [0.3, 0.4) is 0 Å². The molecule has 8 heteroatoms. The van der Waals surface area contributed by atoms with Crippen LogP contribution in [0.5, 0.6) is 0 Å². The van der Waals surface area contributed by atoms with Gasteiger partial charge >= 0.3 is 6.18 Å². The zero-order valence-electron chi connectivity index (χ0n) is 11.3. The molecular weight excluding hydrogens is 305 g/mol. The summed E-state index contributed by atoms with van der Waals surface area (Å²) < 4.78 is 65.1. The number of nitrogens with one attached hydrogen (secondary N) is 2. The van der Waals surface area contributed by atoms with Crippen LogP contribution >= 0.6 is 0 Å². The molecule has 0 amide bonds. The van der Waals surface area contributed by atoms with Crippen molar-refractivity contribution in [2.75, 3.05) is 13.1 Å². The van der Waals surface area contributed by atoms with Gasteiger partial charge in [0.15, 0.2) is 0 Å². The lowest BCUT2D eigenvalue weighted by Crippen LogP contribution is -2.45. The van der Waals surface area contributed by atoms with E-state index in [1.165, 1.54) is 18.2 Å². The molecule has 1 atom stereocenters. The van der Waals surface area contributed by atoms with Gasteiger partial charge in [0, 0.05) is 12.6 Å². The molecule has 1 unspecified atom stereocenters. The lowest BCUT2D eigenvalue weighted by Gasteiger charge is -2.24. The van der Waals surface area contributed by atoms with Crippen molar-refractivity contribution in [3.8, 4) is 0 Å². The van der Waals surface area contributed by atoms with E-state index in [0.717, 1.165) is 19.0 Å². The average molecular weight is 322 g/mol. The molecule has 0 saturated carbocycles. The van der Waals surface area contributed by atoms with Gasteiger partial charge in [0.1, 0.15) is 0 Å². The van der Waals surface area contributed by atoms with Crippen molar-refractivity contribution in [1.29, 1.82) is 0 Å². The van der Waals surface area contributed by atoms with Crippen LogP contribution < -0.4 is 10.0 Å². The molecule has 118 valence electrons. The Kier molecular flexibility index (Phi) is 4.90. The van der Waals surface area contributed by atoms with E-state index < -0.39 is 27.5 Å². The van der Waals surface area contributed by atoms with E-state index in [-0.39, 0.29) is 11.6 Å². The number of hydrogen-bond acceptors (Lipinski definition) is 3. The monoisotopic (exact) mass is 322 g/mol. The molecule has 1 aliphatic rings. The number of alkyl halides is 3. The predicted octanol–water partition coefficient (Wildman–Crippen LogP) is 1.88. The molecule has 0 aliphatic carbocycles. The SMILES string of the molecule is O=S(=O)(Cc1ccccc1C(F)(F)F)NC1CCCNC1. The summed E-state index contributed by atoms with van der Waals surface area (Å²) in [7, 11) is -3.81. The maximum atomic E-state index is 12.9. The van der Waals surface area contributed by atoms with Crippen molar-refractivity contribution in [3.05, 3.63) is 35.4 Å². The first-order valence-electron chi connectivity index (χ1n) is 6.64. The van der Waals surface area contributed by atoms with Gasteiger partial charge in [0.2, 0.25) is 10.0 Å². The van der Waals surface area contributed by atoms with Crippen molar-refractivity contribution in [2.45, 2.75) is 30.8 Å². The molecule has 21 heavy (non-hydrogen) atoms. The molecule has 0 bridgehead atoms. The maximum Gasteiger partial charge on any atom is 0.416 e. The normalized spacial score (nSPS) is 20.4. The van der Waals surface area contributed by atoms with Crippen molar-refractivity contribution in [2.24, 2.45) is 0 Å². The van der Waals surface area contributed by atoms with Gasteiger partial charge in [-0.2, -0.15) is 13.2 Å². The zero-order chi connectivity index (χ0) is 15.5. The highest BCUT2D eigenvalue weighted by atomic mass is 32.2. The molecule has 1 saturated heterocycles. The summed E-state index contributed by atoms with van der Waals surface area (Å²) in [6.45, 7) is 1.33. The smallest absolute Gasteiger partial charge is 0.315 e. The standard InChI is InChI=1S/C13H17F3N2O2S/c14-13(15,16)12-6-2-1-4-10(12)9-21(19,20)18-11-5-3-7-17-8-11/h1-2,4,6,11,17-18H,3,5,7-9H2. The van der Waals surface area contributed by atoms with Crippen molar-refractivity contribution in [3.63, 3.8) is 0 Å². The fraction of sp³-hybridized carbons (Fsp3) is 0.538. The van der Waals surface area contributed by atoms with Crippen LogP contribution in [-0.4, -0.2) is 27.5 Å². The van der Waals surface area contributed by atoms with E-state index in [1.807, 2.05) is 0 Å². The van der Waals surface area contributed by atoms with Gasteiger partial charge in [-0.25, -0.2) is 13.1 Å². The first-order valence-corrected chi connectivity index (χ1v) is 8.29. The minimum absolute atomic E-state index is 0.235. The number of benzene rings is 1. The quantitative estimate of drug-likeness (QED) is 0.890. The molecule has 1 aromatic carbocycles. The second-order valence-electron chi connectivity index (χ2n) is 5.08. The molecule has 0 radical (unpaired) electrons. The van der Waals surface area contributed by atoms with E-state index in [0.29, 0.717) is 13.0 Å². The van der Waals surface area contributed by atoms with Crippen LogP contribution in [0.25, 0.3) is 0 Å². The van der Waals surface area contributed by atoms with Crippen LogP contribution in [0.15, 0.2) is 24.3 Å². The third kappa shape index (κ3) is 4.69. The molecule has 1 aliphatic heterocycles. The van der Waals surface area contributed by atoms with E-state index in [1.54, 1.807) is 0 Å². The largest absolute Gasteiger partial charge is 0.416 e. The predicted molar refractivity (Wildman–Crippen MR) is 73.1 cm³/mol. The second-order valence-corrected chi connectivity index (χ2v) is 6.83.